The zero-order valence-electron chi connectivity index (χ0n) is 18.5. The lowest BCUT2D eigenvalue weighted by Gasteiger charge is -2.33. The number of hydrogen-bond acceptors (Lipinski definition) is 5. The maximum atomic E-state index is 14.1. The van der Waals surface area contributed by atoms with Gasteiger partial charge in [0.1, 0.15) is 5.69 Å². The summed E-state index contributed by atoms with van der Waals surface area (Å²) in [4.78, 5) is 28.1. The molecule has 1 saturated heterocycles. The van der Waals surface area contributed by atoms with Crippen molar-refractivity contribution < 1.29 is 13.9 Å². The van der Waals surface area contributed by atoms with E-state index < -0.39 is 5.82 Å². The summed E-state index contributed by atoms with van der Waals surface area (Å²) in [5.74, 6) is -0.160. The van der Waals surface area contributed by atoms with Crippen LogP contribution in [0.4, 0.5) is 4.39 Å². The molecular weight excluding hydrogens is 433 g/mol. The Balaban J connectivity index is 1.33. The Morgan fingerprint density at radius 3 is 2.82 bits per heavy atom. The second kappa shape index (κ2) is 9.82. The number of para-hydroxylation sites is 1. The molecule has 1 aliphatic rings. The number of nitrogens with zero attached hydrogens (tertiary/aromatic N) is 5. The molecule has 0 spiro atoms. The molecule has 4 aromatic rings. The maximum absolute atomic E-state index is 14.1. The molecule has 34 heavy (non-hydrogen) atoms. The fraction of sp³-hybridized carbons (Fsp3) is 0.231. The van der Waals surface area contributed by atoms with E-state index >= 15 is 0 Å². The van der Waals surface area contributed by atoms with Crippen LogP contribution in [0.5, 0.6) is 11.6 Å². The van der Waals surface area contributed by atoms with Gasteiger partial charge in [0.2, 0.25) is 5.88 Å². The van der Waals surface area contributed by atoms with Crippen molar-refractivity contribution in [1.82, 2.24) is 24.4 Å². The quantitative estimate of drug-likeness (QED) is 0.421. The predicted molar refractivity (Wildman–Crippen MR) is 124 cm³/mol. The molecule has 0 bridgehead atoms. The van der Waals surface area contributed by atoms with Gasteiger partial charge in [0.25, 0.3) is 5.91 Å². The minimum Gasteiger partial charge on any atom is -0.434 e. The molecule has 172 valence electrons. The molecule has 8 heteroatoms. The highest BCUT2D eigenvalue weighted by Crippen LogP contribution is 2.33. The largest absolute Gasteiger partial charge is 0.434 e. The van der Waals surface area contributed by atoms with Gasteiger partial charge in [-0.2, -0.15) is 0 Å². The lowest BCUT2D eigenvalue weighted by atomic mass is 9.94. The van der Waals surface area contributed by atoms with Crippen LogP contribution in [0.15, 0.2) is 79.6 Å². The number of ether oxygens (including phenoxy) is 1. The summed E-state index contributed by atoms with van der Waals surface area (Å²) in [6.45, 7) is 1.82. The van der Waals surface area contributed by atoms with Gasteiger partial charge >= 0.3 is 0 Å². The van der Waals surface area contributed by atoms with Crippen LogP contribution in [0, 0.1) is 5.82 Å². The van der Waals surface area contributed by atoms with E-state index in [0.717, 1.165) is 18.4 Å². The van der Waals surface area contributed by atoms with Crippen molar-refractivity contribution in [3.05, 3.63) is 102 Å². The van der Waals surface area contributed by atoms with E-state index in [1.807, 2.05) is 39.9 Å². The molecule has 1 unspecified atom stereocenters. The molecule has 1 amide bonds. The summed E-state index contributed by atoms with van der Waals surface area (Å²) < 4.78 is 21.9. The van der Waals surface area contributed by atoms with E-state index in [0.29, 0.717) is 30.9 Å². The summed E-state index contributed by atoms with van der Waals surface area (Å²) in [7, 11) is 0. The van der Waals surface area contributed by atoms with E-state index in [1.165, 1.54) is 12.3 Å². The van der Waals surface area contributed by atoms with Crippen LogP contribution in [0.3, 0.4) is 0 Å². The monoisotopic (exact) mass is 457 g/mol. The minimum absolute atomic E-state index is 0.0161. The summed E-state index contributed by atoms with van der Waals surface area (Å²) >= 11 is 0. The number of piperidine rings is 1. The zero-order valence-corrected chi connectivity index (χ0v) is 18.5. The number of amides is 1. The molecule has 1 fully saturated rings. The van der Waals surface area contributed by atoms with Gasteiger partial charge in [-0.1, -0.05) is 24.3 Å². The van der Waals surface area contributed by atoms with Crippen molar-refractivity contribution in [3.8, 4) is 11.6 Å². The van der Waals surface area contributed by atoms with Crippen molar-refractivity contribution in [2.45, 2.75) is 25.3 Å². The van der Waals surface area contributed by atoms with Crippen LogP contribution in [-0.2, 0) is 6.54 Å². The Hall–Kier alpha value is -4.07. The Bertz CT molecular complexity index is 1280. The standard InChI is InChI=1S/C26H24FN5O2/c27-22-8-1-2-9-23(22)34-25-24(29-10-11-30-25)21-7-4-13-32(17-21)26(33)20-6-3-5-19(15-20)16-31-14-12-28-18-31/h1-3,5-6,8-12,14-15,18,21H,4,7,13,16-17H2. The van der Waals surface area contributed by atoms with E-state index in [-0.39, 0.29) is 23.5 Å². The van der Waals surface area contributed by atoms with Gasteiger partial charge < -0.3 is 14.2 Å². The molecule has 2 aromatic carbocycles. The van der Waals surface area contributed by atoms with Crippen LogP contribution in [0.2, 0.25) is 0 Å². The summed E-state index contributed by atoms with van der Waals surface area (Å²) in [6, 6.07) is 13.9. The van der Waals surface area contributed by atoms with Gasteiger partial charge in [-0.15, -0.1) is 0 Å². The smallest absolute Gasteiger partial charge is 0.253 e. The second-order valence-electron chi connectivity index (χ2n) is 8.30. The molecule has 2 aromatic heterocycles. The first-order chi connectivity index (χ1) is 16.7. The number of imidazole rings is 1. The van der Waals surface area contributed by atoms with Crippen LogP contribution in [0.1, 0.15) is 40.4 Å². The highest BCUT2D eigenvalue weighted by Gasteiger charge is 2.29. The molecule has 3 heterocycles. The average molecular weight is 458 g/mol. The lowest BCUT2D eigenvalue weighted by molar-refractivity contribution is 0.0704. The fourth-order valence-electron chi connectivity index (χ4n) is 4.29. The zero-order chi connectivity index (χ0) is 23.3. The number of carbonyl (C=O) groups excluding carboxylic acids is 1. The van der Waals surface area contributed by atoms with Gasteiger partial charge in [0.15, 0.2) is 11.6 Å². The maximum Gasteiger partial charge on any atom is 0.253 e. The third-order valence-electron chi connectivity index (χ3n) is 5.93. The molecule has 0 saturated carbocycles. The fourth-order valence-corrected chi connectivity index (χ4v) is 4.29. The van der Waals surface area contributed by atoms with Gasteiger partial charge in [-0.25, -0.2) is 14.4 Å². The van der Waals surface area contributed by atoms with Crippen molar-refractivity contribution >= 4 is 5.91 Å². The van der Waals surface area contributed by atoms with Gasteiger partial charge in [-0.05, 0) is 42.7 Å². The Kier molecular flexibility index (Phi) is 6.29. The third-order valence-corrected chi connectivity index (χ3v) is 5.93. The highest BCUT2D eigenvalue weighted by molar-refractivity contribution is 5.94. The minimum atomic E-state index is -0.463. The average Bonchev–Trinajstić information content (AvgIpc) is 3.39. The van der Waals surface area contributed by atoms with E-state index in [4.69, 9.17) is 4.74 Å². The first-order valence-electron chi connectivity index (χ1n) is 11.2. The summed E-state index contributed by atoms with van der Waals surface area (Å²) in [5, 5.41) is 0. The number of rotatable bonds is 6. The normalized spacial score (nSPS) is 15.8. The summed E-state index contributed by atoms with van der Waals surface area (Å²) in [6.07, 6.45) is 10.2. The van der Waals surface area contributed by atoms with Crippen LogP contribution < -0.4 is 4.74 Å². The Morgan fingerprint density at radius 2 is 1.97 bits per heavy atom. The lowest BCUT2D eigenvalue weighted by Crippen LogP contribution is -2.39. The highest BCUT2D eigenvalue weighted by atomic mass is 19.1. The molecule has 7 nitrogen and oxygen atoms in total. The molecule has 0 radical (unpaired) electrons. The van der Waals surface area contributed by atoms with Crippen molar-refractivity contribution in [2.24, 2.45) is 0 Å². The molecule has 1 aliphatic heterocycles. The second-order valence-corrected chi connectivity index (χ2v) is 8.30. The molecule has 1 atom stereocenters. The molecule has 0 N–H and O–H groups in total. The predicted octanol–water partition coefficient (Wildman–Crippen LogP) is 4.67. The van der Waals surface area contributed by atoms with Gasteiger partial charge in [-0.3, -0.25) is 9.78 Å². The summed E-state index contributed by atoms with van der Waals surface area (Å²) in [5.41, 5.74) is 2.32. The van der Waals surface area contributed by atoms with Gasteiger partial charge in [0.05, 0.1) is 6.33 Å². The van der Waals surface area contributed by atoms with E-state index in [2.05, 4.69) is 15.0 Å². The van der Waals surface area contributed by atoms with Crippen molar-refractivity contribution in [2.75, 3.05) is 13.1 Å². The van der Waals surface area contributed by atoms with Gasteiger partial charge in [0, 0.05) is 55.9 Å². The third kappa shape index (κ3) is 4.80. The number of hydrogen-bond donors (Lipinski definition) is 0. The topological polar surface area (TPSA) is 73.1 Å². The van der Waals surface area contributed by atoms with Crippen LogP contribution >= 0.6 is 0 Å². The van der Waals surface area contributed by atoms with Crippen LogP contribution in [0.25, 0.3) is 0 Å². The van der Waals surface area contributed by atoms with Crippen molar-refractivity contribution in [3.63, 3.8) is 0 Å². The van der Waals surface area contributed by atoms with E-state index in [9.17, 15) is 9.18 Å². The van der Waals surface area contributed by atoms with E-state index in [1.54, 1.807) is 36.9 Å². The Labute approximate surface area is 196 Å². The number of benzene rings is 2. The molecule has 5 rings (SSSR count). The molecule has 0 aliphatic carbocycles. The van der Waals surface area contributed by atoms with Crippen LogP contribution in [-0.4, -0.2) is 43.4 Å². The SMILES string of the molecule is O=C(c1cccc(Cn2ccnc2)c1)N1CCCC(c2nccnc2Oc2ccccc2F)C1. The number of aromatic nitrogens is 4. The first-order valence-corrected chi connectivity index (χ1v) is 11.2. The molecular formula is C26H24FN5O2. The Morgan fingerprint density at radius 1 is 1.09 bits per heavy atom. The number of carbonyl (C=O) groups is 1. The number of likely N-dealkylation sites (tertiary alicyclic amines) is 1. The number of halogens is 1. The van der Waals surface area contributed by atoms with Crippen molar-refractivity contribution in [1.29, 1.82) is 0 Å². The first kappa shape index (κ1) is 21.8.